The molecule has 1 aromatic rings. The minimum Gasteiger partial charge on any atom is -0.299 e. The van der Waals surface area contributed by atoms with E-state index in [1.807, 2.05) is 10.7 Å². The van der Waals surface area contributed by atoms with Crippen molar-refractivity contribution >= 4 is 5.78 Å². The van der Waals surface area contributed by atoms with Crippen molar-refractivity contribution < 1.29 is 4.79 Å². The second-order valence-corrected chi connectivity index (χ2v) is 5.16. The predicted molar refractivity (Wildman–Crippen MR) is 68.6 cm³/mol. The molecule has 0 radical (unpaired) electrons. The number of fused-ring (bicyclic) bond motifs is 3. The Morgan fingerprint density at radius 3 is 2.78 bits per heavy atom. The van der Waals surface area contributed by atoms with Crippen molar-refractivity contribution in [1.82, 2.24) is 19.6 Å². The van der Waals surface area contributed by atoms with Gasteiger partial charge in [0.05, 0.1) is 6.04 Å². The molecule has 0 amide bonds. The van der Waals surface area contributed by atoms with Crippen molar-refractivity contribution in [2.45, 2.75) is 25.9 Å². The summed E-state index contributed by atoms with van der Waals surface area (Å²) >= 11 is 0. The topological polar surface area (TPSA) is 41.4 Å². The largest absolute Gasteiger partial charge is 0.299 e. The number of aryl methyl sites for hydroxylation is 1. The van der Waals surface area contributed by atoms with Gasteiger partial charge in [0.25, 0.3) is 0 Å². The molecule has 98 valence electrons. The molecule has 5 nitrogen and oxygen atoms in total. The third kappa shape index (κ3) is 1.97. The van der Waals surface area contributed by atoms with E-state index in [1.54, 1.807) is 6.20 Å². The molecule has 2 bridgehead atoms. The van der Waals surface area contributed by atoms with Crippen LogP contribution in [0.1, 0.15) is 23.8 Å². The summed E-state index contributed by atoms with van der Waals surface area (Å²) in [7, 11) is 0. The normalized spacial score (nSPS) is 30.6. The van der Waals surface area contributed by atoms with E-state index in [1.165, 1.54) is 0 Å². The van der Waals surface area contributed by atoms with Gasteiger partial charge >= 0.3 is 0 Å². The van der Waals surface area contributed by atoms with E-state index in [4.69, 9.17) is 0 Å². The maximum Gasteiger partial charge on any atom is 0.199 e. The number of Topliss-reactive ketones (excluding diaryl/α,β-unsaturated/α-hetero) is 1. The number of hydrogen-bond donors (Lipinski definition) is 0. The molecule has 0 aliphatic carbocycles. The summed E-state index contributed by atoms with van der Waals surface area (Å²) in [5.74, 6) is 0.241. The van der Waals surface area contributed by atoms with Crippen LogP contribution in [0.5, 0.6) is 0 Å². The third-order valence-corrected chi connectivity index (χ3v) is 3.99. The van der Waals surface area contributed by atoms with Crippen LogP contribution >= 0.6 is 0 Å². The Kier molecular flexibility index (Phi) is 3.18. The highest BCUT2D eigenvalue weighted by Gasteiger charge is 2.37. The first-order chi connectivity index (χ1) is 8.79. The van der Waals surface area contributed by atoms with Gasteiger partial charge in [-0.15, -0.1) is 0 Å². The first-order valence-electron chi connectivity index (χ1n) is 6.82. The van der Waals surface area contributed by atoms with E-state index >= 15 is 0 Å². The van der Waals surface area contributed by atoms with Crippen LogP contribution in [0, 0.1) is 0 Å². The number of aromatic nitrogens is 2. The second kappa shape index (κ2) is 4.82. The Balaban J connectivity index is 1.79. The van der Waals surface area contributed by atoms with Gasteiger partial charge < -0.3 is 0 Å². The third-order valence-electron chi connectivity index (χ3n) is 3.99. The van der Waals surface area contributed by atoms with Crippen molar-refractivity contribution in [2.75, 3.05) is 32.7 Å². The van der Waals surface area contributed by atoms with E-state index in [9.17, 15) is 4.79 Å². The van der Waals surface area contributed by atoms with E-state index in [0.717, 1.165) is 51.4 Å². The molecule has 1 aromatic heterocycles. The molecule has 5 heteroatoms. The van der Waals surface area contributed by atoms with Gasteiger partial charge in [0.2, 0.25) is 0 Å². The number of nitrogens with zero attached hydrogens (tertiary/aromatic N) is 4. The molecule has 3 aliphatic rings. The van der Waals surface area contributed by atoms with E-state index in [2.05, 4.69) is 21.8 Å². The average Bonchev–Trinajstić information content (AvgIpc) is 2.88. The Labute approximate surface area is 107 Å². The van der Waals surface area contributed by atoms with E-state index in [0.29, 0.717) is 0 Å². The minimum atomic E-state index is 0.0415. The number of piperazine rings is 3. The van der Waals surface area contributed by atoms with Crippen LogP contribution in [0.4, 0.5) is 0 Å². The maximum atomic E-state index is 12.6. The fourth-order valence-corrected chi connectivity index (χ4v) is 2.97. The molecular formula is C13H20N4O. The van der Waals surface area contributed by atoms with Gasteiger partial charge in [0.15, 0.2) is 5.78 Å². The van der Waals surface area contributed by atoms with Crippen LogP contribution in [0.3, 0.4) is 0 Å². The van der Waals surface area contributed by atoms with Gasteiger partial charge in [-0.05, 0) is 12.5 Å². The highest BCUT2D eigenvalue weighted by atomic mass is 16.1. The number of carbonyl (C=O) groups excluding carboxylic acids is 1. The Bertz CT molecular complexity index is 434. The summed E-state index contributed by atoms with van der Waals surface area (Å²) < 4.78 is 1.85. The van der Waals surface area contributed by atoms with Crippen LogP contribution in [-0.2, 0) is 6.54 Å². The van der Waals surface area contributed by atoms with Gasteiger partial charge in [-0.25, -0.2) is 0 Å². The predicted octanol–water partition coefficient (Wildman–Crippen LogP) is 0.476. The molecular weight excluding hydrogens is 228 g/mol. The Hall–Kier alpha value is -1.20. The van der Waals surface area contributed by atoms with Crippen molar-refractivity contribution in [1.29, 1.82) is 0 Å². The van der Waals surface area contributed by atoms with Gasteiger partial charge in [0, 0.05) is 45.5 Å². The van der Waals surface area contributed by atoms with Gasteiger partial charge in [0.1, 0.15) is 5.69 Å². The molecule has 3 aliphatic heterocycles. The number of hydrogen-bond acceptors (Lipinski definition) is 4. The van der Waals surface area contributed by atoms with Crippen molar-refractivity contribution in [3.63, 3.8) is 0 Å². The summed E-state index contributed by atoms with van der Waals surface area (Å²) in [4.78, 5) is 17.3. The highest BCUT2D eigenvalue weighted by molar-refractivity contribution is 5.99. The zero-order valence-electron chi connectivity index (χ0n) is 10.9. The molecule has 1 unspecified atom stereocenters. The van der Waals surface area contributed by atoms with Crippen LogP contribution in [0.2, 0.25) is 0 Å². The summed E-state index contributed by atoms with van der Waals surface area (Å²) in [5, 5.41) is 4.25. The summed E-state index contributed by atoms with van der Waals surface area (Å²) in [5.41, 5.74) is 0.774. The van der Waals surface area contributed by atoms with E-state index in [-0.39, 0.29) is 11.8 Å². The molecule has 0 N–H and O–H groups in total. The van der Waals surface area contributed by atoms with Crippen molar-refractivity contribution in [3.8, 4) is 0 Å². The summed E-state index contributed by atoms with van der Waals surface area (Å²) in [6.45, 7) is 8.08. The van der Waals surface area contributed by atoms with Gasteiger partial charge in [-0.2, -0.15) is 5.10 Å². The highest BCUT2D eigenvalue weighted by Crippen LogP contribution is 2.19. The number of carbonyl (C=O) groups is 1. The Morgan fingerprint density at radius 1 is 1.39 bits per heavy atom. The lowest BCUT2D eigenvalue weighted by molar-refractivity contribution is 0.0153. The molecule has 3 fully saturated rings. The maximum absolute atomic E-state index is 12.6. The average molecular weight is 248 g/mol. The quantitative estimate of drug-likeness (QED) is 0.727. The lowest BCUT2D eigenvalue weighted by Gasteiger charge is -2.46. The second-order valence-electron chi connectivity index (χ2n) is 5.16. The number of ketones is 1. The number of rotatable bonds is 4. The summed E-state index contributed by atoms with van der Waals surface area (Å²) in [6.07, 6.45) is 2.74. The van der Waals surface area contributed by atoms with Crippen LogP contribution < -0.4 is 0 Å². The SMILES string of the molecule is CCCn1nccc1C(=O)C1CN2CCN1CC2. The molecule has 4 rings (SSSR count). The molecule has 3 saturated heterocycles. The van der Waals surface area contributed by atoms with Crippen molar-refractivity contribution in [2.24, 2.45) is 0 Å². The monoisotopic (exact) mass is 248 g/mol. The fraction of sp³-hybridized carbons (Fsp3) is 0.692. The van der Waals surface area contributed by atoms with Crippen LogP contribution in [0.15, 0.2) is 12.3 Å². The standard InChI is InChI=1S/C13H20N4O/c1-2-5-17-11(3-4-14-17)13(18)12-10-15-6-8-16(12)9-7-15/h3-4,12H,2,5-10H2,1H3. The smallest absolute Gasteiger partial charge is 0.199 e. The van der Waals surface area contributed by atoms with Crippen LogP contribution in [-0.4, -0.2) is 64.1 Å². The minimum absolute atomic E-state index is 0.0415. The van der Waals surface area contributed by atoms with Crippen molar-refractivity contribution in [3.05, 3.63) is 18.0 Å². The van der Waals surface area contributed by atoms with Crippen LogP contribution in [0.25, 0.3) is 0 Å². The van der Waals surface area contributed by atoms with Gasteiger partial charge in [-0.1, -0.05) is 6.92 Å². The zero-order valence-corrected chi connectivity index (χ0v) is 10.9. The van der Waals surface area contributed by atoms with E-state index < -0.39 is 0 Å². The fourth-order valence-electron chi connectivity index (χ4n) is 2.97. The lowest BCUT2D eigenvalue weighted by atomic mass is 10.0. The summed E-state index contributed by atoms with van der Waals surface area (Å²) in [6, 6.07) is 1.90. The molecule has 0 spiro atoms. The van der Waals surface area contributed by atoms with Gasteiger partial charge in [-0.3, -0.25) is 19.3 Å². The zero-order chi connectivity index (χ0) is 12.5. The first-order valence-corrected chi connectivity index (χ1v) is 6.82. The lowest BCUT2D eigenvalue weighted by Crippen LogP contribution is -2.63. The molecule has 4 heterocycles. The molecule has 1 atom stereocenters. The molecule has 0 saturated carbocycles. The first kappa shape index (κ1) is 11.9. The molecule has 0 aromatic carbocycles. The Morgan fingerprint density at radius 2 is 2.17 bits per heavy atom. The molecule has 18 heavy (non-hydrogen) atoms.